The van der Waals surface area contributed by atoms with Crippen LogP contribution in [0.15, 0.2) is 46.9 Å². The number of nitro benzene ring substituents is 1. The summed E-state index contributed by atoms with van der Waals surface area (Å²) >= 11 is 3.41. The molecule has 0 unspecified atom stereocenters. The van der Waals surface area contributed by atoms with Crippen molar-refractivity contribution in [3.63, 3.8) is 0 Å². The lowest BCUT2D eigenvalue weighted by Gasteiger charge is -2.08. The number of benzene rings is 2. The van der Waals surface area contributed by atoms with Crippen LogP contribution >= 0.6 is 15.9 Å². The molecule has 2 aromatic carbocycles. The summed E-state index contributed by atoms with van der Waals surface area (Å²) in [6.07, 6.45) is 0. The summed E-state index contributed by atoms with van der Waals surface area (Å²) in [7, 11) is 0. The Morgan fingerprint density at radius 3 is 2.62 bits per heavy atom. The molecule has 2 N–H and O–H groups in total. The molecule has 0 saturated carbocycles. The van der Waals surface area contributed by atoms with Gasteiger partial charge in [0.15, 0.2) is 0 Å². The molecule has 0 spiro atoms. The van der Waals surface area contributed by atoms with Crippen LogP contribution in [-0.2, 0) is 6.54 Å². The first kappa shape index (κ1) is 15.0. The first-order valence-electron chi connectivity index (χ1n) is 5.98. The molecule has 0 saturated heterocycles. The molecule has 0 radical (unpaired) electrons. The van der Waals surface area contributed by atoms with Crippen molar-refractivity contribution in [1.82, 2.24) is 0 Å². The zero-order chi connectivity index (χ0) is 15.4. The van der Waals surface area contributed by atoms with Gasteiger partial charge in [0.05, 0.1) is 4.92 Å². The van der Waals surface area contributed by atoms with Crippen molar-refractivity contribution in [2.75, 3.05) is 5.32 Å². The van der Waals surface area contributed by atoms with Gasteiger partial charge in [-0.05, 0) is 23.8 Å². The lowest BCUT2D eigenvalue weighted by molar-refractivity contribution is -0.385. The number of carboxylic acids is 1. The SMILES string of the molecule is O=C(O)c1ccc(NCc2ccccc2Br)cc1[N+](=O)[O-]. The summed E-state index contributed by atoms with van der Waals surface area (Å²) in [6, 6.07) is 11.5. The quantitative estimate of drug-likeness (QED) is 0.633. The van der Waals surface area contributed by atoms with E-state index in [0.717, 1.165) is 10.0 Å². The molecule has 0 fully saturated rings. The largest absolute Gasteiger partial charge is 0.477 e. The molecule has 0 aliphatic heterocycles. The highest BCUT2D eigenvalue weighted by molar-refractivity contribution is 9.10. The first-order valence-corrected chi connectivity index (χ1v) is 6.77. The minimum absolute atomic E-state index is 0.327. The van der Waals surface area contributed by atoms with E-state index < -0.39 is 16.6 Å². The van der Waals surface area contributed by atoms with Crippen LogP contribution in [0.3, 0.4) is 0 Å². The zero-order valence-corrected chi connectivity index (χ0v) is 12.3. The van der Waals surface area contributed by atoms with Gasteiger partial charge in [-0.15, -0.1) is 0 Å². The fourth-order valence-corrected chi connectivity index (χ4v) is 2.24. The fourth-order valence-electron chi connectivity index (χ4n) is 1.81. The van der Waals surface area contributed by atoms with E-state index in [-0.39, 0.29) is 5.56 Å². The maximum Gasteiger partial charge on any atom is 0.342 e. The van der Waals surface area contributed by atoms with Crippen LogP contribution in [0.4, 0.5) is 11.4 Å². The second-order valence-corrected chi connectivity index (χ2v) is 5.09. The molecule has 7 heteroatoms. The van der Waals surface area contributed by atoms with E-state index in [1.54, 1.807) is 0 Å². The van der Waals surface area contributed by atoms with Crippen molar-refractivity contribution < 1.29 is 14.8 Å². The van der Waals surface area contributed by atoms with Gasteiger partial charge in [0.1, 0.15) is 5.56 Å². The number of carboxylic acid groups (broad SMARTS) is 1. The number of hydrogen-bond donors (Lipinski definition) is 2. The lowest BCUT2D eigenvalue weighted by atomic mass is 10.1. The van der Waals surface area contributed by atoms with E-state index in [2.05, 4.69) is 21.2 Å². The van der Waals surface area contributed by atoms with Crippen LogP contribution in [0.1, 0.15) is 15.9 Å². The van der Waals surface area contributed by atoms with Crippen molar-refractivity contribution in [1.29, 1.82) is 0 Å². The number of halogens is 1. The van der Waals surface area contributed by atoms with Gasteiger partial charge in [0.2, 0.25) is 0 Å². The third-order valence-corrected chi connectivity index (χ3v) is 3.64. The molecule has 21 heavy (non-hydrogen) atoms. The number of carbonyl (C=O) groups is 1. The van der Waals surface area contributed by atoms with Crippen LogP contribution < -0.4 is 5.32 Å². The summed E-state index contributed by atoms with van der Waals surface area (Å²) in [4.78, 5) is 21.1. The Kier molecular flexibility index (Phi) is 4.54. The highest BCUT2D eigenvalue weighted by Crippen LogP contribution is 2.24. The second kappa shape index (κ2) is 6.36. The number of nitro groups is 1. The Morgan fingerprint density at radius 1 is 1.29 bits per heavy atom. The van der Waals surface area contributed by atoms with E-state index in [0.29, 0.717) is 12.2 Å². The normalized spacial score (nSPS) is 10.1. The summed E-state index contributed by atoms with van der Waals surface area (Å²) in [5.74, 6) is -1.32. The molecular weight excluding hydrogens is 340 g/mol. The molecule has 0 amide bonds. The van der Waals surface area contributed by atoms with E-state index in [1.165, 1.54) is 18.2 Å². The Balaban J connectivity index is 2.22. The maximum atomic E-state index is 10.9. The third kappa shape index (κ3) is 3.57. The summed E-state index contributed by atoms with van der Waals surface area (Å²) in [5, 5.41) is 22.9. The Morgan fingerprint density at radius 2 is 2.00 bits per heavy atom. The lowest BCUT2D eigenvalue weighted by Crippen LogP contribution is -2.05. The van der Waals surface area contributed by atoms with Crippen molar-refractivity contribution in [2.45, 2.75) is 6.54 Å². The van der Waals surface area contributed by atoms with E-state index in [1.807, 2.05) is 24.3 Å². The average molecular weight is 351 g/mol. The van der Waals surface area contributed by atoms with Gasteiger partial charge in [-0.25, -0.2) is 4.79 Å². The fraction of sp³-hybridized carbons (Fsp3) is 0.0714. The highest BCUT2D eigenvalue weighted by atomic mass is 79.9. The molecule has 0 aliphatic rings. The minimum atomic E-state index is -1.32. The number of anilines is 1. The zero-order valence-electron chi connectivity index (χ0n) is 10.7. The van der Waals surface area contributed by atoms with Crippen molar-refractivity contribution in [3.05, 3.63) is 68.2 Å². The van der Waals surface area contributed by atoms with Crippen LogP contribution in [0, 0.1) is 10.1 Å². The average Bonchev–Trinajstić information content (AvgIpc) is 2.46. The van der Waals surface area contributed by atoms with Crippen LogP contribution in [0.5, 0.6) is 0 Å². The third-order valence-electron chi connectivity index (χ3n) is 2.87. The first-order chi connectivity index (χ1) is 9.99. The molecule has 6 nitrogen and oxygen atoms in total. The summed E-state index contributed by atoms with van der Waals surface area (Å²) in [5.41, 5.74) is 0.719. The minimum Gasteiger partial charge on any atom is -0.477 e. The molecule has 0 aromatic heterocycles. The van der Waals surface area contributed by atoms with Crippen molar-refractivity contribution in [3.8, 4) is 0 Å². The number of nitrogens with one attached hydrogen (secondary N) is 1. The Hall–Kier alpha value is -2.41. The molecule has 2 rings (SSSR count). The number of nitrogens with zero attached hydrogens (tertiary/aromatic N) is 1. The van der Waals surface area contributed by atoms with Crippen LogP contribution in [0.25, 0.3) is 0 Å². The molecule has 108 valence electrons. The second-order valence-electron chi connectivity index (χ2n) is 4.24. The summed E-state index contributed by atoms with van der Waals surface area (Å²) < 4.78 is 0.925. The predicted octanol–water partition coefficient (Wildman–Crippen LogP) is 3.67. The predicted molar refractivity (Wildman–Crippen MR) is 81.5 cm³/mol. The summed E-state index contributed by atoms with van der Waals surface area (Å²) in [6.45, 7) is 0.463. The van der Waals surface area contributed by atoms with Gasteiger partial charge < -0.3 is 10.4 Å². The molecule has 0 heterocycles. The smallest absolute Gasteiger partial charge is 0.342 e. The van der Waals surface area contributed by atoms with E-state index >= 15 is 0 Å². The molecular formula is C14H11BrN2O4. The molecule has 0 bridgehead atoms. The van der Waals surface area contributed by atoms with Crippen molar-refractivity contribution >= 4 is 33.3 Å². The van der Waals surface area contributed by atoms with Gasteiger partial charge >= 0.3 is 5.97 Å². The number of rotatable bonds is 5. The number of hydrogen-bond acceptors (Lipinski definition) is 4. The van der Waals surface area contributed by atoms with Crippen molar-refractivity contribution in [2.24, 2.45) is 0 Å². The van der Waals surface area contributed by atoms with Gasteiger partial charge in [-0.2, -0.15) is 0 Å². The number of aromatic carboxylic acids is 1. The van der Waals surface area contributed by atoms with Crippen LogP contribution in [-0.4, -0.2) is 16.0 Å². The van der Waals surface area contributed by atoms with Gasteiger partial charge in [-0.1, -0.05) is 34.1 Å². The molecule has 0 aliphatic carbocycles. The Labute approximate surface area is 128 Å². The monoisotopic (exact) mass is 350 g/mol. The topological polar surface area (TPSA) is 92.5 Å². The van der Waals surface area contributed by atoms with Crippen LogP contribution in [0.2, 0.25) is 0 Å². The van der Waals surface area contributed by atoms with Gasteiger partial charge in [0, 0.05) is 22.8 Å². The van der Waals surface area contributed by atoms with Gasteiger partial charge in [-0.3, -0.25) is 10.1 Å². The molecule has 2 aromatic rings. The standard InChI is InChI=1S/C14H11BrN2O4/c15-12-4-2-1-3-9(12)8-16-10-5-6-11(14(18)19)13(7-10)17(20)21/h1-7,16H,8H2,(H,18,19). The Bertz CT molecular complexity index is 703. The van der Waals surface area contributed by atoms with Gasteiger partial charge in [0.25, 0.3) is 5.69 Å². The van der Waals surface area contributed by atoms with E-state index in [4.69, 9.17) is 5.11 Å². The highest BCUT2D eigenvalue weighted by Gasteiger charge is 2.19. The van der Waals surface area contributed by atoms with E-state index in [9.17, 15) is 14.9 Å². The maximum absolute atomic E-state index is 10.9. The molecule has 0 atom stereocenters.